The van der Waals surface area contributed by atoms with E-state index in [2.05, 4.69) is 16.7 Å². The first-order valence-electron chi connectivity index (χ1n) is 11.2. The van der Waals surface area contributed by atoms with Gasteiger partial charge in [-0.3, -0.25) is 9.59 Å². The molecule has 0 atom stereocenters. The van der Waals surface area contributed by atoms with E-state index in [9.17, 15) is 19.2 Å². The minimum atomic E-state index is -0.753. The van der Waals surface area contributed by atoms with Crippen molar-refractivity contribution < 1.29 is 18.4 Å². The Balaban J connectivity index is 1.60. The minimum absolute atomic E-state index is 0.292. The van der Waals surface area contributed by atoms with Crippen LogP contribution in [0, 0.1) is 24.1 Å². The fourth-order valence-corrected chi connectivity index (χ4v) is 4.17. The Morgan fingerprint density at radius 3 is 2.37 bits per heavy atom. The lowest BCUT2D eigenvalue weighted by molar-refractivity contribution is 0.0939. The number of nitrogens with zero attached hydrogens (tertiary/aromatic N) is 1. The van der Waals surface area contributed by atoms with E-state index in [4.69, 9.17) is 4.42 Å². The number of fused-ring (bicyclic) bond motifs is 1. The predicted octanol–water partition coefficient (Wildman–Crippen LogP) is 5.36. The summed E-state index contributed by atoms with van der Waals surface area (Å²) in [4.78, 5) is 25.6. The molecule has 0 radical (unpaired) electrons. The molecule has 1 saturated carbocycles. The van der Waals surface area contributed by atoms with Gasteiger partial charge >= 0.3 is 0 Å². The first-order chi connectivity index (χ1) is 16.8. The summed E-state index contributed by atoms with van der Waals surface area (Å²) >= 11 is 0. The van der Waals surface area contributed by atoms with Crippen LogP contribution in [0.4, 0.5) is 4.39 Å². The lowest BCUT2D eigenvalue weighted by Gasteiger charge is -2.12. The average molecular weight is 468 g/mol. The molecule has 5 rings (SSSR count). The smallest absolute Gasteiger partial charge is 0.255 e. The Morgan fingerprint density at radius 2 is 1.71 bits per heavy atom. The molecule has 3 aromatic carbocycles. The second-order valence-corrected chi connectivity index (χ2v) is 8.78. The molecule has 1 heterocycles. The quantitative estimate of drug-likeness (QED) is 0.413. The monoisotopic (exact) mass is 467 g/mol. The van der Waals surface area contributed by atoms with Crippen LogP contribution >= 0.6 is 0 Å². The molecule has 7 heteroatoms. The highest BCUT2D eigenvalue weighted by Crippen LogP contribution is 2.37. The van der Waals surface area contributed by atoms with Crippen molar-refractivity contribution in [2.24, 2.45) is 0 Å². The molecule has 1 aliphatic carbocycles. The van der Waals surface area contributed by atoms with E-state index < -0.39 is 5.54 Å². The summed E-state index contributed by atoms with van der Waals surface area (Å²) in [5.74, 6) is -0.640. The van der Waals surface area contributed by atoms with Gasteiger partial charge in [0.2, 0.25) is 0 Å². The van der Waals surface area contributed by atoms with Gasteiger partial charge in [0.15, 0.2) is 0 Å². The molecule has 35 heavy (non-hydrogen) atoms. The maximum Gasteiger partial charge on any atom is 0.255 e. The van der Waals surface area contributed by atoms with Gasteiger partial charge in [-0.05, 0) is 85.0 Å². The first-order valence-corrected chi connectivity index (χ1v) is 11.2. The molecule has 1 aromatic heterocycles. The molecule has 4 aromatic rings. The zero-order valence-corrected chi connectivity index (χ0v) is 19.2. The molecule has 2 amide bonds. The third kappa shape index (κ3) is 4.04. The first kappa shape index (κ1) is 22.4. The standard InChI is InChI=1S/C28H22FN3O3/c1-16-3-4-19(26(33)32-28(15-30)11-12-28)14-21(16)18-7-10-23-22(13-18)24(27(34)31-2)25(35-23)17-5-8-20(29)9-6-17/h3-10,13-14H,11-12H2,1-2H3,(H,31,34)(H,32,33). The van der Waals surface area contributed by atoms with Crippen molar-refractivity contribution in [1.82, 2.24) is 10.6 Å². The molecule has 0 aliphatic heterocycles. The molecule has 1 fully saturated rings. The molecule has 0 unspecified atom stereocenters. The second kappa shape index (κ2) is 8.41. The molecular formula is C28H22FN3O3. The lowest BCUT2D eigenvalue weighted by atomic mass is 9.95. The van der Waals surface area contributed by atoms with Gasteiger partial charge in [-0.25, -0.2) is 4.39 Å². The Labute approximate surface area is 201 Å². The number of hydrogen-bond donors (Lipinski definition) is 2. The summed E-state index contributed by atoms with van der Waals surface area (Å²) in [7, 11) is 1.54. The number of amides is 2. The summed E-state index contributed by atoms with van der Waals surface area (Å²) < 4.78 is 19.5. The van der Waals surface area contributed by atoms with Gasteiger partial charge in [0, 0.05) is 23.6 Å². The molecule has 1 aliphatic rings. The number of aryl methyl sites for hydroxylation is 1. The number of nitrogens with one attached hydrogen (secondary N) is 2. The molecule has 2 N–H and O–H groups in total. The number of rotatable bonds is 5. The SMILES string of the molecule is CNC(=O)c1c(-c2ccc(F)cc2)oc2ccc(-c3cc(C(=O)NC4(C#N)CC4)ccc3C)cc12. The summed E-state index contributed by atoms with van der Waals surface area (Å²) in [5.41, 5.74) is 3.75. The van der Waals surface area contributed by atoms with Crippen LogP contribution in [0.5, 0.6) is 0 Å². The van der Waals surface area contributed by atoms with E-state index in [-0.39, 0.29) is 17.6 Å². The van der Waals surface area contributed by atoms with Crippen LogP contribution in [-0.2, 0) is 0 Å². The van der Waals surface area contributed by atoms with Crippen molar-refractivity contribution in [1.29, 1.82) is 5.26 Å². The number of halogens is 1. The third-order valence-electron chi connectivity index (χ3n) is 6.38. The normalized spacial score (nSPS) is 13.8. The van der Waals surface area contributed by atoms with Gasteiger partial charge < -0.3 is 15.1 Å². The van der Waals surface area contributed by atoms with Gasteiger partial charge in [-0.1, -0.05) is 12.1 Å². The van der Waals surface area contributed by atoms with Crippen molar-refractivity contribution in [3.63, 3.8) is 0 Å². The van der Waals surface area contributed by atoms with Crippen LogP contribution in [-0.4, -0.2) is 24.4 Å². The van der Waals surface area contributed by atoms with Crippen molar-refractivity contribution in [3.8, 4) is 28.5 Å². The zero-order chi connectivity index (χ0) is 24.7. The number of carbonyl (C=O) groups excluding carboxylic acids is 2. The number of carbonyl (C=O) groups is 2. The number of hydrogen-bond acceptors (Lipinski definition) is 4. The van der Waals surface area contributed by atoms with E-state index in [1.165, 1.54) is 12.1 Å². The Bertz CT molecular complexity index is 1530. The largest absolute Gasteiger partial charge is 0.455 e. The van der Waals surface area contributed by atoms with Gasteiger partial charge in [0.25, 0.3) is 11.8 Å². The fraction of sp³-hybridized carbons (Fsp3) is 0.179. The Kier molecular flexibility index (Phi) is 5.37. The molecule has 174 valence electrons. The Morgan fingerprint density at radius 1 is 1.00 bits per heavy atom. The number of furan rings is 1. The second-order valence-electron chi connectivity index (χ2n) is 8.78. The van der Waals surface area contributed by atoms with Crippen LogP contribution in [0.2, 0.25) is 0 Å². The lowest BCUT2D eigenvalue weighted by Crippen LogP contribution is -2.35. The highest BCUT2D eigenvalue weighted by molar-refractivity contribution is 6.12. The Hall–Kier alpha value is -4.44. The van der Waals surface area contributed by atoms with Crippen LogP contribution in [0.25, 0.3) is 33.4 Å². The van der Waals surface area contributed by atoms with Crippen LogP contribution < -0.4 is 10.6 Å². The molecular weight excluding hydrogens is 445 g/mol. The van der Waals surface area contributed by atoms with Gasteiger partial charge in [-0.15, -0.1) is 0 Å². The van der Waals surface area contributed by atoms with Gasteiger partial charge in [0.05, 0.1) is 11.6 Å². The van der Waals surface area contributed by atoms with E-state index >= 15 is 0 Å². The summed E-state index contributed by atoms with van der Waals surface area (Å²) in [6.07, 6.45) is 1.31. The predicted molar refractivity (Wildman–Crippen MR) is 130 cm³/mol. The number of nitriles is 1. The van der Waals surface area contributed by atoms with Crippen molar-refractivity contribution >= 4 is 22.8 Å². The molecule has 0 saturated heterocycles. The van der Waals surface area contributed by atoms with E-state index in [1.807, 2.05) is 25.1 Å². The zero-order valence-electron chi connectivity index (χ0n) is 19.2. The van der Waals surface area contributed by atoms with Crippen LogP contribution in [0.15, 0.2) is 65.1 Å². The van der Waals surface area contributed by atoms with Gasteiger partial charge in [-0.2, -0.15) is 5.26 Å². The third-order valence-corrected chi connectivity index (χ3v) is 6.38. The topological polar surface area (TPSA) is 95.1 Å². The van der Waals surface area contributed by atoms with Crippen LogP contribution in [0.1, 0.15) is 39.1 Å². The minimum Gasteiger partial charge on any atom is -0.455 e. The average Bonchev–Trinajstić information content (AvgIpc) is 3.54. The maximum atomic E-state index is 13.5. The van der Waals surface area contributed by atoms with E-state index in [1.54, 1.807) is 37.4 Å². The molecule has 0 bridgehead atoms. The highest BCUT2D eigenvalue weighted by atomic mass is 19.1. The van der Waals surface area contributed by atoms with Crippen molar-refractivity contribution in [2.45, 2.75) is 25.3 Å². The summed E-state index contributed by atoms with van der Waals surface area (Å²) in [5, 5.41) is 15.4. The maximum absolute atomic E-state index is 13.5. The van der Waals surface area contributed by atoms with E-state index in [0.29, 0.717) is 46.3 Å². The van der Waals surface area contributed by atoms with Crippen LogP contribution in [0.3, 0.4) is 0 Å². The van der Waals surface area contributed by atoms with Crippen molar-refractivity contribution in [3.05, 3.63) is 83.2 Å². The highest BCUT2D eigenvalue weighted by Gasteiger charge is 2.44. The number of benzene rings is 3. The van der Waals surface area contributed by atoms with E-state index in [0.717, 1.165) is 16.7 Å². The van der Waals surface area contributed by atoms with Crippen molar-refractivity contribution in [2.75, 3.05) is 7.05 Å². The summed E-state index contributed by atoms with van der Waals surface area (Å²) in [6.45, 7) is 1.94. The molecule has 0 spiro atoms. The molecule has 6 nitrogen and oxygen atoms in total. The van der Waals surface area contributed by atoms with Gasteiger partial charge in [0.1, 0.15) is 22.7 Å². The fourth-order valence-electron chi connectivity index (χ4n) is 4.17. The summed E-state index contributed by atoms with van der Waals surface area (Å²) in [6, 6.07) is 18.9.